The smallest absolute Gasteiger partial charge is 0.373 e. The van der Waals surface area contributed by atoms with Crippen molar-refractivity contribution in [1.82, 2.24) is 0 Å². The highest BCUT2D eigenvalue weighted by molar-refractivity contribution is 7.16. The zero-order chi connectivity index (χ0) is 13.8. The van der Waals surface area contributed by atoms with Crippen LogP contribution in [0.15, 0.2) is 60.1 Å². The lowest BCUT2D eigenvalue weighted by molar-refractivity contribution is -0.655. The molecule has 0 aliphatic rings. The standard InChI is InChI=1S/C16H14NO2S/c18-16(19-11-13-6-2-1-3-7-13)10-17-12-20-15-9-5-4-8-14(15)17/h1-9,12H,10-11H2/q+1. The van der Waals surface area contributed by atoms with Crippen molar-refractivity contribution in [3.8, 4) is 0 Å². The summed E-state index contributed by atoms with van der Waals surface area (Å²) in [6.45, 7) is 0.569. The van der Waals surface area contributed by atoms with Gasteiger partial charge in [-0.25, -0.2) is 4.79 Å². The van der Waals surface area contributed by atoms with Gasteiger partial charge in [0.1, 0.15) is 11.3 Å². The number of para-hydroxylation sites is 1. The van der Waals surface area contributed by atoms with Crippen LogP contribution in [0.1, 0.15) is 5.56 Å². The summed E-state index contributed by atoms with van der Waals surface area (Å²) in [5.41, 5.74) is 4.02. The SMILES string of the molecule is O=C(C[n+]1csc2ccccc21)OCc1ccccc1. The molecule has 100 valence electrons. The molecule has 3 rings (SSSR count). The van der Waals surface area contributed by atoms with Gasteiger partial charge in [-0.1, -0.05) is 53.8 Å². The van der Waals surface area contributed by atoms with E-state index in [1.54, 1.807) is 11.3 Å². The first-order valence-corrected chi connectivity index (χ1v) is 7.26. The number of hydrogen-bond acceptors (Lipinski definition) is 3. The van der Waals surface area contributed by atoms with Crippen LogP contribution >= 0.6 is 11.3 Å². The lowest BCUT2D eigenvalue weighted by Gasteiger charge is -2.02. The van der Waals surface area contributed by atoms with Crippen LogP contribution in [0.3, 0.4) is 0 Å². The Kier molecular flexibility index (Phi) is 3.74. The number of carbonyl (C=O) groups is 1. The average Bonchev–Trinajstić information content (AvgIpc) is 2.90. The van der Waals surface area contributed by atoms with Crippen molar-refractivity contribution in [2.75, 3.05) is 0 Å². The molecule has 0 spiro atoms. The van der Waals surface area contributed by atoms with Crippen molar-refractivity contribution in [3.63, 3.8) is 0 Å². The second-order valence-corrected chi connectivity index (χ2v) is 5.35. The molecule has 0 aliphatic carbocycles. The fraction of sp³-hybridized carbons (Fsp3) is 0.125. The first kappa shape index (κ1) is 12.8. The molecular weight excluding hydrogens is 270 g/mol. The first-order valence-electron chi connectivity index (χ1n) is 6.38. The molecule has 0 radical (unpaired) electrons. The molecule has 0 fully saturated rings. The zero-order valence-electron chi connectivity index (χ0n) is 10.9. The number of carbonyl (C=O) groups excluding carboxylic acids is 1. The number of fused-ring (bicyclic) bond motifs is 1. The molecule has 1 aromatic heterocycles. The molecule has 20 heavy (non-hydrogen) atoms. The van der Waals surface area contributed by atoms with Crippen LogP contribution in [0.25, 0.3) is 10.2 Å². The number of aromatic nitrogens is 1. The van der Waals surface area contributed by atoms with E-state index in [2.05, 4.69) is 0 Å². The largest absolute Gasteiger partial charge is 0.456 e. The highest BCUT2D eigenvalue weighted by Gasteiger charge is 2.16. The number of ether oxygens (including phenoxy) is 1. The molecule has 0 saturated carbocycles. The molecular formula is C16H14NO2S+. The summed E-state index contributed by atoms with van der Waals surface area (Å²) < 4.78 is 8.39. The molecule has 0 bridgehead atoms. The van der Waals surface area contributed by atoms with E-state index in [0.717, 1.165) is 11.1 Å². The number of esters is 1. The lowest BCUT2D eigenvalue weighted by Crippen LogP contribution is -2.36. The minimum Gasteiger partial charge on any atom is -0.456 e. The van der Waals surface area contributed by atoms with Crippen molar-refractivity contribution >= 4 is 27.5 Å². The van der Waals surface area contributed by atoms with E-state index in [-0.39, 0.29) is 12.5 Å². The summed E-state index contributed by atoms with van der Waals surface area (Å²) in [5, 5.41) is 0. The van der Waals surface area contributed by atoms with E-state index in [9.17, 15) is 4.79 Å². The van der Waals surface area contributed by atoms with Crippen molar-refractivity contribution < 1.29 is 14.1 Å². The van der Waals surface area contributed by atoms with Crippen LogP contribution in [0, 0.1) is 0 Å². The first-order chi connectivity index (χ1) is 9.83. The number of hydrogen-bond donors (Lipinski definition) is 0. The van der Waals surface area contributed by atoms with Crippen LogP contribution in [0.2, 0.25) is 0 Å². The van der Waals surface area contributed by atoms with Gasteiger partial charge in [-0.05, 0) is 11.6 Å². The van der Waals surface area contributed by atoms with Gasteiger partial charge >= 0.3 is 5.97 Å². The normalized spacial score (nSPS) is 10.6. The summed E-state index contributed by atoms with van der Waals surface area (Å²) in [6, 6.07) is 17.7. The van der Waals surface area contributed by atoms with Gasteiger partial charge < -0.3 is 4.74 Å². The van der Waals surface area contributed by atoms with Gasteiger partial charge in [-0.15, -0.1) is 0 Å². The third-order valence-electron chi connectivity index (χ3n) is 3.02. The topological polar surface area (TPSA) is 30.2 Å². The minimum absolute atomic E-state index is 0.220. The Morgan fingerprint density at radius 2 is 1.80 bits per heavy atom. The van der Waals surface area contributed by atoms with E-state index in [0.29, 0.717) is 6.61 Å². The van der Waals surface area contributed by atoms with Crippen LogP contribution in [0.4, 0.5) is 0 Å². The van der Waals surface area contributed by atoms with Gasteiger partial charge in [0.25, 0.3) is 0 Å². The van der Waals surface area contributed by atoms with Gasteiger partial charge in [0.05, 0.1) is 0 Å². The Hall–Kier alpha value is -2.20. The summed E-state index contributed by atoms with van der Waals surface area (Å²) >= 11 is 1.63. The third-order valence-corrected chi connectivity index (χ3v) is 3.98. The summed E-state index contributed by atoms with van der Waals surface area (Å²) in [4.78, 5) is 11.9. The van der Waals surface area contributed by atoms with Crippen molar-refractivity contribution in [3.05, 3.63) is 65.7 Å². The molecule has 0 amide bonds. The van der Waals surface area contributed by atoms with Crippen LogP contribution in [0.5, 0.6) is 0 Å². The predicted molar refractivity (Wildman–Crippen MR) is 78.3 cm³/mol. The fourth-order valence-corrected chi connectivity index (χ4v) is 2.91. The highest BCUT2D eigenvalue weighted by Crippen LogP contribution is 2.14. The second-order valence-electron chi connectivity index (χ2n) is 4.47. The van der Waals surface area contributed by atoms with E-state index in [4.69, 9.17) is 4.74 Å². The van der Waals surface area contributed by atoms with Crippen molar-refractivity contribution in [1.29, 1.82) is 0 Å². The summed E-state index contributed by atoms with van der Waals surface area (Å²) in [6.07, 6.45) is 0. The Labute approximate surface area is 121 Å². The number of nitrogens with zero attached hydrogens (tertiary/aromatic N) is 1. The molecule has 3 nitrogen and oxygen atoms in total. The van der Waals surface area contributed by atoms with Crippen LogP contribution in [-0.2, 0) is 22.7 Å². The van der Waals surface area contributed by atoms with Gasteiger partial charge in [0.2, 0.25) is 17.6 Å². The molecule has 2 aromatic carbocycles. The minimum atomic E-state index is -0.220. The van der Waals surface area contributed by atoms with Crippen molar-refractivity contribution in [2.45, 2.75) is 13.2 Å². The Morgan fingerprint density at radius 1 is 1.05 bits per heavy atom. The summed E-state index contributed by atoms with van der Waals surface area (Å²) in [5.74, 6) is -0.220. The Morgan fingerprint density at radius 3 is 2.65 bits per heavy atom. The van der Waals surface area contributed by atoms with E-state index < -0.39 is 0 Å². The number of benzene rings is 2. The van der Waals surface area contributed by atoms with E-state index in [1.807, 2.05) is 64.7 Å². The van der Waals surface area contributed by atoms with Crippen molar-refractivity contribution in [2.24, 2.45) is 0 Å². The molecule has 0 unspecified atom stereocenters. The Balaban J connectivity index is 1.64. The quantitative estimate of drug-likeness (QED) is 0.544. The van der Waals surface area contributed by atoms with Gasteiger partial charge in [-0.2, -0.15) is 4.57 Å². The van der Waals surface area contributed by atoms with Gasteiger partial charge in [0.15, 0.2) is 0 Å². The number of rotatable bonds is 4. The zero-order valence-corrected chi connectivity index (χ0v) is 11.7. The number of thiazole rings is 1. The van der Waals surface area contributed by atoms with E-state index >= 15 is 0 Å². The maximum Gasteiger partial charge on any atom is 0.373 e. The lowest BCUT2D eigenvalue weighted by atomic mass is 10.2. The maximum atomic E-state index is 11.9. The summed E-state index contributed by atoms with van der Waals surface area (Å²) in [7, 11) is 0. The molecule has 0 N–H and O–H groups in total. The van der Waals surface area contributed by atoms with E-state index in [1.165, 1.54) is 4.70 Å². The molecule has 0 atom stereocenters. The fourth-order valence-electron chi connectivity index (χ4n) is 2.02. The highest BCUT2D eigenvalue weighted by atomic mass is 32.1. The predicted octanol–water partition coefficient (Wildman–Crippen LogP) is 2.93. The molecule has 1 heterocycles. The average molecular weight is 284 g/mol. The molecule has 3 aromatic rings. The molecule has 0 aliphatic heterocycles. The maximum absolute atomic E-state index is 11.9. The second kappa shape index (κ2) is 5.84. The molecule has 4 heteroatoms. The van der Waals surface area contributed by atoms with Gasteiger partial charge in [-0.3, -0.25) is 0 Å². The third kappa shape index (κ3) is 2.86. The van der Waals surface area contributed by atoms with Gasteiger partial charge in [0, 0.05) is 6.07 Å². The van der Waals surface area contributed by atoms with Crippen LogP contribution in [-0.4, -0.2) is 5.97 Å². The van der Waals surface area contributed by atoms with Crippen LogP contribution < -0.4 is 4.57 Å². The monoisotopic (exact) mass is 284 g/mol. The molecule has 0 saturated heterocycles. The Bertz CT molecular complexity index is 721.